The summed E-state index contributed by atoms with van der Waals surface area (Å²) in [4.78, 5) is 6.91. The molecule has 0 amide bonds. The molecule has 31 heavy (non-hydrogen) atoms. The van der Waals surface area contributed by atoms with E-state index in [2.05, 4.69) is 25.9 Å². The van der Waals surface area contributed by atoms with Gasteiger partial charge in [0.15, 0.2) is 0 Å². The minimum Gasteiger partial charge on any atom is -0.390 e. The third kappa shape index (κ3) is 5.09. The summed E-state index contributed by atoms with van der Waals surface area (Å²) >= 11 is 0. The first-order valence-electron chi connectivity index (χ1n) is 10.5. The number of H-pyrrole nitrogens is 1. The van der Waals surface area contributed by atoms with Crippen molar-refractivity contribution in [2.45, 2.75) is 68.0 Å². The van der Waals surface area contributed by atoms with Crippen LogP contribution in [0.15, 0.2) is 12.5 Å². The smallest absolute Gasteiger partial charge is 0.249 e. The summed E-state index contributed by atoms with van der Waals surface area (Å²) in [5, 5.41) is 53.2. The van der Waals surface area contributed by atoms with Crippen molar-refractivity contribution in [2.75, 3.05) is 33.9 Å². The molecule has 3 rings (SSSR count). The number of nitrogens with one attached hydrogen (secondary N) is 4. The van der Waals surface area contributed by atoms with Crippen LogP contribution >= 0.6 is 0 Å². The van der Waals surface area contributed by atoms with E-state index in [0.29, 0.717) is 6.54 Å². The Hall–Kier alpha value is -1.19. The number of aliphatic hydroxyl groups excluding tert-OH is 2. The van der Waals surface area contributed by atoms with E-state index in [1.165, 1.54) is 0 Å². The Morgan fingerprint density at radius 1 is 1.23 bits per heavy atom. The lowest BCUT2D eigenvalue weighted by atomic mass is 9.83. The molecule has 0 radical (unpaired) electrons. The summed E-state index contributed by atoms with van der Waals surface area (Å²) in [5.41, 5.74) is -0.958. The summed E-state index contributed by atoms with van der Waals surface area (Å²) < 4.78 is 17.3. The first-order chi connectivity index (χ1) is 14.7. The van der Waals surface area contributed by atoms with Crippen LogP contribution < -0.4 is 16.0 Å². The highest BCUT2D eigenvalue weighted by Crippen LogP contribution is 2.40. The molecule has 2 saturated heterocycles. The second-order valence-corrected chi connectivity index (χ2v) is 8.30. The van der Waals surface area contributed by atoms with Crippen molar-refractivity contribution in [1.82, 2.24) is 25.9 Å². The number of hydrogen-bond acceptors (Lipinski definition) is 11. The molecule has 3 heterocycles. The standard InChI is InChI=1S/C19H35N5O7/c1-11-4-18(27,9-22-5-12-6-23-10-24-12)19(28)17(31-11)29-8-14(25)15(21-3)16(26)13(20-2)7-30-19/h6,10-11,13-17,20-22,25-28H,4-5,7-9H2,1-3H3,(H,23,24). The van der Waals surface area contributed by atoms with Crippen LogP contribution in [0.25, 0.3) is 0 Å². The van der Waals surface area contributed by atoms with Crippen molar-refractivity contribution in [2.24, 2.45) is 0 Å². The minimum atomic E-state index is -2.25. The Morgan fingerprint density at radius 2 is 2.00 bits per heavy atom. The van der Waals surface area contributed by atoms with Crippen molar-refractivity contribution in [3.05, 3.63) is 18.2 Å². The van der Waals surface area contributed by atoms with E-state index in [1.807, 2.05) is 0 Å². The van der Waals surface area contributed by atoms with E-state index in [9.17, 15) is 20.4 Å². The highest BCUT2D eigenvalue weighted by molar-refractivity contribution is 5.04. The molecule has 12 nitrogen and oxygen atoms in total. The number of imidazole rings is 1. The zero-order valence-electron chi connectivity index (χ0n) is 18.1. The largest absolute Gasteiger partial charge is 0.390 e. The number of nitrogens with zero attached hydrogens (tertiary/aromatic N) is 1. The first-order valence-corrected chi connectivity index (χ1v) is 10.5. The van der Waals surface area contributed by atoms with Crippen LogP contribution in [-0.4, -0.2) is 112 Å². The van der Waals surface area contributed by atoms with Gasteiger partial charge in [0.25, 0.3) is 0 Å². The van der Waals surface area contributed by atoms with E-state index >= 15 is 0 Å². The topological polar surface area (TPSA) is 173 Å². The van der Waals surface area contributed by atoms with Crippen LogP contribution in [0.5, 0.6) is 0 Å². The monoisotopic (exact) mass is 445 g/mol. The molecule has 12 heteroatoms. The van der Waals surface area contributed by atoms with Crippen LogP contribution in [0.3, 0.4) is 0 Å². The number of rotatable bonds is 6. The Balaban J connectivity index is 1.83. The molecule has 0 saturated carbocycles. The highest BCUT2D eigenvalue weighted by Gasteiger charge is 2.62. The van der Waals surface area contributed by atoms with Crippen molar-refractivity contribution in [1.29, 1.82) is 0 Å². The van der Waals surface area contributed by atoms with Crippen molar-refractivity contribution >= 4 is 0 Å². The molecule has 0 aliphatic carbocycles. The van der Waals surface area contributed by atoms with Gasteiger partial charge in [-0.2, -0.15) is 0 Å². The predicted octanol–water partition coefficient (Wildman–Crippen LogP) is -3.00. The zero-order valence-corrected chi connectivity index (χ0v) is 18.1. The molecule has 178 valence electrons. The molecular formula is C19H35N5O7. The zero-order chi connectivity index (χ0) is 22.6. The lowest BCUT2D eigenvalue weighted by molar-refractivity contribution is -0.427. The molecule has 8 unspecified atom stereocenters. The Morgan fingerprint density at radius 3 is 2.65 bits per heavy atom. The van der Waals surface area contributed by atoms with Crippen LogP contribution in [-0.2, 0) is 20.8 Å². The van der Waals surface area contributed by atoms with Crippen molar-refractivity contribution in [3.63, 3.8) is 0 Å². The summed E-state index contributed by atoms with van der Waals surface area (Å²) in [7, 11) is 3.26. The number of aliphatic hydroxyl groups is 4. The van der Waals surface area contributed by atoms with E-state index in [1.54, 1.807) is 33.5 Å². The summed E-state index contributed by atoms with van der Waals surface area (Å²) in [6, 6.07) is -1.35. The molecule has 0 bridgehead atoms. The highest BCUT2D eigenvalue weighted by atomic mass is 16.8. The Bertz CT molecular complexity index is 683. The molecule has 1 aromatic heterocycles. The average Bonchev–Trinajstić information content (AvgIpc) is 3.23. The molecular weight excluding hydrogens is 410 g/mol. The van der Waals surface area contributed by atoms with Gasteiger partial charge in [0.05, 0.1) is 49.9 Å². The molecule has 2 fully saturated rings. The van der Waals surface area contributed by atoms with Gasteiger partial charge in [-0.1, -0.05) is 0 Å². The number of likely N-dealkylation sites (N-methyl/N-ethyl adjacent to an activating group) is 2. The number of aromatic nitrogens is 2. The van der Waals surface area contributed by atoms with Gasteiger partial charge in [0, 0.05) is 31.4 Å². The van der Waals surface area contributed by atoms with Gasteiger partial charge in [-0.3, -0.25) is 0 Å². The SMILES string of the molecule is CNC1COC2(O)C(OCC(O)C(NC)C1O)OC(C)CC2(O)CNCc1cnc[nH]1. The Kier molecular flexibility index (Phi) is 8.02. The lowest BCUT2D eigenvalue weighted by Crippen LogP contribution is -2.73. The fourth-order valence-electron chi connectivity index (χ4n) is 4.23. The first kappa shape index (κ1) is 24.5. The Labute approximate surface area is 181 Å². The van der Waals surface area contributed by atoms with Gasteiger partial charge in [-0.25, -0.2) is 4.98 Å². The lowest BCUT2D eigenvalue weighted by Gasteiger charge is -2.52. The predicted molar refractivity (Wildman–Crippen MR) is 109 cm³/mol. The number of aromatic amines is 1. The maximum absolute atomic E-state index is 11.5. The number of hydrogen-bond donors (Lipinski definition) is 8. The van der Waals surface area contributed by atoms with Crippen LogP contribution in [0.2, 0.25) is 0 Å². The molecule has 0 aromatic carbocycles. The van der Waals surface area contributed by atoms with E-state index in [4.69, 9.17) is 14.2 Å². The van der Waals surface area contributed by atoms with Gasteiger partial charge < -0.3 is 55.6 Å². The molecule has 1 aromatic rings. The van der Waals surface area contributed by atoms with Gasteiger partial charge in [0.2, 0.25) is 12.1 Å². The molecule has 2 aliphatic heterocycles. The second-order valence-electron chi connectivity index (χ2n) is 8.30. The summed E-state index contributed by atoms with van der Waals surface area (Å²) in [6.07, 6.45) is -0.656. The van der Waals surface area contributed by atoms with Crippen molar-refractivity contribution in [3.8, 4) is 0 Å². The van der Waals surface area contributed by atoms with Gasteiger partial charge in [-0.05, 0) is 21.0 Å². The van der Waals surface area contributed by atoms with Gasteiger partial charge in [-0.15, -0.1) is 0 Å². The summed E-state index contributed by atoms with van der Waals surface area (Å²) in [6.45, 7) is 1.71. The maximum atomic E-state index is 11.5. The number of fused-ring (bicyclic) bond motifs is 1. The molecule has 0 spiro atoms. The van der Waals surface area contributed by atoms with Crippen LogP contribution in [0.1, 0.15) is 19.0 Å². The fourth-order valence-corrected chi connectivity index (χ4v) is 4.23. The fraction of sp³-hybridized carbons (Fsp3) is 0.842. The average molecular weight is 446 g/mol. The quantitative estimate of drug-likeness (QED) is 0.224. The molecule has 8 N–H and O–H groups in total. The van der Waals surface area contributed by atoms with E-state index in [-0.39, 0.29) is 26.2 Å². The third-order valence-corrected chi connectivity index (χ3v) is 6.06. The van der Waals surface area contributed by atoms with Crippen LogP contribution in [0, 0.1) is 0 Å². The van der Waals surface area contributed by atoms with Crippen molar-refractivity contribution < 1.29 is 34.6 Å². The second kappa shape index (κ2) is 10.2. The van der Waals surface area contributed by atoms with Gasteiger partial charge in [0.1, 0.15) is 5.60 Å². The van der Waals surface area contributed by atoms with Crippen LogP contribution in [0.4, 0.5) is 0 Å². The van der Waals surface area contributed by atoms with E-state index in [0.717, 1.165) is 5.69 Å². The number of ether oxygens (including phenoxy) is 3. The summed E-state index contributed by atoms with van der Waals surface area (Å²) in [5.74, 6) is -2.25. The van der Waals surface area contributed by atoms with Gasteiger partial charge >= 0.3 is 0 Å². The maximum Gasteiger partial charge on any atom is 0.249 e. The molecule has 8 atom stereocenters. The molecule has 2 aliphatic rings. The minimum absolute atomic E-state index is 0.0233. The normalized spacial score (nSPS) is 42.2. The van der Waals surface area contributed by atoms with E-state index < -0.39 is 48.1 Å². The third-order valence-electron chi connectivity index (χ3n) is 6.06.